The van der Waals surface area contributed by atoms with Crippen LogP contribution in [0, 0.1) is 5.82 Å². The van der Waals surface area contributed by atoms with Crippen LogP contribution in [0.25, 0.3) is 11.3 Å². The summed E-state index contributed by atoms with van der Waals surface area (Å²) in [4.78, 5) is 12.9. The third-order valence-corrected chi connectivity index (χ3v) is 5.93. The number of methoxy groups -OCH3 is 1. The van der Waals surface area contributed by atoms with Gasteiger partial charge >= 0.3 is 0 Å². The Hall–Kier alpha value is -3.58. The Balaban J connectivity index is 1.43. The monoisotopic (exact) mass is 501 g/mol. The molecule has 36 heavy (non-hydrogen) atoms. The number of aliphatic hydroxyl groups excluding tert-OH is 3. The van der Waals surface area contributed by atoms with E-state index in [1.165, 1.54) is 29.1 Å². The molecule has 1 fully saturated rings. The van der Waals surface area contributed by atoms with Gasteiger partial charge in [0.2, 0.25) is 0 Å². The standard InChI is InChI=1S/C24H28FN5O6/c1-35-18-8-3-2-7-16(18)26-9-10-27-24(34)23-22(33)20(21(32)19(13-31)36-23)30-12-17(28-29-30)14-5-4-6-15(25)11-14/h2-8,11-12,19-23,26,31-33H,9-10,13H2,1H3,(H,27,34)/t19-,20+,21+,22-,23-/m1/s1. The minimum absolute atomic E-state index is 0.202. The van der Waals surface area contributed by atoms with Gasteiger partial charge in [0.25, 0.3) is 5.91 Å². The molecule has 0 bridgehead atoms. The van der Waals surface area contributed by atoms with Gasteiger partial charge in [0, 0.05) is 18.7 Å². The molecule has 4 rings (SSSR count). The second kappa shape index (κ2) is 11.4. The van der Waals surface area contributed by atoms with Crippen molar-refractivity contribution in [3.8, 4) is 17.0 Å². The first-order valence-electron chi connectivity index (χ1n) is 11.4. The van der Waals surface area contributed by atoms with Crippen molar-refractivity contribution in [3.63, 3.8) is 0 Å². The van der Waals surface area contributed by atoms with E-state index in [2.05, 4.69) is 20.9 Å². The normalized spacial score (nSPS) is 23.8. The number of nitrogens with zero attached hydrogens (tertiary/aromatic N) is 3. The number of nitrogens with one attached hydrogen (secondary N) is 2. The number of hydrogen-bond acceptors (Lipinski definition) is 9. The maximum absolute atomic E-state index is 13.6. The number of hydrogen-bond donors (Lipinski definition) is 5. The molecular formula is C24H28FN5O6. The van der Waals surface area contributed by atoms with Crippen molar-refractivity contribution in [1.29, 1.82) is 0 Å². The largest absolute Gasteiger partial charge is 0.495 e. The molecule has 1 aromatic heterocycles. The van der Waals surface area contributed by atoms with Crippen LogP contribution in [0.5, 0.6) is 5.75 Å². The Morgan fingerprint density at radius 1 is 1.17 bits per heavy atom. The Bertz CT molecular complexity index is 1180. The molecule has 5 N–H and O–H groups in total. The molecule has 3 aromatic rings. The number of halogens is 1. The quantitative estimate of drug-likeness (QED) is 0.262. The summed E-state index contributed by atoms with van der Waals surface area (Å²) >= 11 is 0. The summed E-state index contributed by atoms with van der Waals surface area (Å²) in [5.74, 6) is -0.418. The van der Waals surface area contributed by atoms with Crippen molar-refractivity contribution in [2.24, 2.45) is 0 Å². The first-order chi connectivity index (χ1) is 17.4. The van der Waals surface area contributed by atoms with Gasteiger partial charge in [0.15, 0.2) is 6.10 Å². The fraction of sp³-hybridized carbons (Fsp3) is 0.375. The molecule has 1 aliphatic rings. The van der Waals surface area contributed by atoms with Crippen molar-refractivity contribution in [3.05, 3.63) is 60.5 Å². The minimum Gasteiger partial charge on any atom is -0.495 e. The lowest BCUT2D eigenvalue weighted by Gasteiger charge is -2.41. The van der Waals surface area contributed by atoms with Gasteiger partial charge in [-0.05, 0) is 24.3 Å². The van der Waals surface area contributed by atoms with Crippen LogP contribution < -0.4 is 15.4 Å². The predicted molar refractivity (Wildman–Crippen MR) is 127 cm³/mol. The van der Waals surface area contributed by atoms with E-state index in [-0.39, 0.29) is 6.54 Å². The fourth-order valence-electron chi connectivity index (χ4n) is 4.11. The molecule has 2 heterocycles. The number of anilines is 1. The maximum Gasteiger partial charge on any atom is 0.252 e. The number of aliphatic hydroxyl groups is 3. The molecule has 5 atom stereocenters. The molecule has 0 spiro atoms. The third-order valence-electron chi connectivity index (χ3n) is 5.93. The topological polar surface area (TPSA) is 151 Å². The zero-order valence-corrected chi connectivity index (χ0v) is 19.5. The minimum atomic E-state index is -1.51. The van der Waals surface area contributed by atoms with Gasteiger partial charge in [-0.2, -0.15) is 0 Å². The lowest BCUT2D eigenvalue weighted by atomic mass is 9.92. The summed E-state index contributed by atoms with van der Waals surface area (Å²) in [5.41, 5.74) is 1.52. The number of benzene rings is 2. The highest BCUT2D eigenvalue weighted by atomic mass is 19.1. The lowest BCUT2D eigenvalue weighted by molar-refractivity contribution is -0.206. The Labute approximate surface area is 206 Å². The Kier molecular flexibility index (Phi) is 8.10. The number of ether oxygens (including phenoxy) is 2. The van der Waals surface area contributed by atoms with Crippen LogP contribution >= 0.6 is 0 Å². The molecule has 0 unspecified atom stereocenters. The molecule has 1 amide bonds. The van der Waals surface area contributed by atoms with Gasteiger partial charge in [-0.15, -0.1) is 5.10 Å². The van der Waals surface area contributed by atoms with E-state index in [4.69, 9.17) is 9.47 Å². The number of carbonyl (C=O) groups excluding carboxylic acids is 1. The fourth-order valence-corrected chi connectivity index (χ4v) is 4.11. The third kappa shape index (κ3) is 5.46. The van der Waals surface area contributed by atoms with Gasteiger partial charge in [-0.25, -0.2) is 9.07 Å². The second-order valence-electron chi connectivity index (χ2n) is 8.26. The zero-order valence-electron chi connectivity index (χ0n) is 19.5. The van der Waals surface area contributed by atoms with E-state index in [1.54, 1.807) is 19.2 Å². The average Bonchev–Trinajstić information content (AvgIpc) is 3.37. The highest BCUT2D eigenvalue weighted by molar-refractivity contribution is 5.81. The van der Waals surface area contributed by atoms with E-state index in [9.17, 15) is 24.5 Å². The van der Waals surface area contributed by atoms with Crippen LogP contribution in [-0.2, 0) is 9.53 Å². The summed E-state index contributed by atoms with van der Waals surface area (Å²) < 4.78 is 25.6. The molecule has 192 valence electrons. The predicted octanol–water partition coefficient (Wildman–Crippen LogP) is 0.344. The number of para-hydroxylation sites is 2. The van der Waals surface area contributed by atoms with Gasteiger partial charge in [0.1, 0.15) is 41.6 Å². The second-order valence-corrected chi connectivity index (χ2v) is 8.26. The summed E-state index contributed by atoms with van der Waals surface area (Å²) in [6, 6.07) is 11.9. The number of carbonyl (C=O) groups is 1. The highest BCUT2D eigenvalue weighted by Crippen LogP contribution is 2.31. The lowest BCUT2D eigenvalue weighted by Crippen LogP contribution is -2.60. The molecule has 0 aliphatic carbocycles. The molecule has 1 saturated heterocycles. The van der Waals surface area contributed by atoms with Crippen LogP contribution in [0.2, 0.25) is 0 Å². The van der Waals surface area contributed by atoms with Crippen molar-refractivity contribution < 1.29 is 34.0 Å². The van der Waals surface area contributed by atoms with Crippen LogP contribution in [0.15, 0.2) is 54.7 Å². The van der Waals surface area contributed by atoms with Crippen LogP contribution in [0.4, 0.5) is 10.1 Å². The van der Waals surface area contributed by atoms with Crippen molar-refractivity contribution in [2.75, 3.05) is 32.1 Å². The molecule has 11 nitrogen and oxygen atoms in total. The summed E-state index contributed by atoms with van der Waals surface area (Å²) in [5, 5.41) is 45.2. The van der Waals surface area contributed by atoms with E-state index in [0.717, 1.165) is 5.69 Å². The van der Waals surface area contributed by atoms with Crippen molar-refractivity contribution >= 4 is 11.6 Å². The highest BCUT2D eigenvalue weighted by Gasteiger charge is 2.48. The molecule has 12 heteroatoms. The van der Waals surface area contributed by atoms with Crippen molar-refractivity contribution in [2.45, 2.75) is 30.5 Å². The van der Waals surface area contributed by atoms with Crippen LogP contribution in [0.1, 0.15) is 6.04 Å². The van der Waals surface area contributed by atoms with Gasteiger partial charge in [0.05, 0.1) is 25.6 Å². The van der Waals surface area contributed by atoms with Gasteiger partial charge < -0.3 is 35.4 Å². The molecule has 1 aliphatic heterocycles. The number of aromatic nitrogens is 3. The molecule has 2 aromatic carbocycles. The molecule has 0 saturated carbocycles. The van der Waals surface area contributed by atoms with Crippen LogP contribution in [0.3, 0.4) is 0 Å². The Morgan fingerprint density at radius 2 is 1.97 bits per heavy atom. The van der Waals surface area contributed by atoms with Crippen LogP contribution in [-0.4, -0.2) is 87.4 Å². The van der Waals surface area contributed by atoms with E-state index >= 15 is 0 Å². The number of amides is 1. The summed E-state index contributed by atoms with van der Waals surface area (Å²) in [6.45, 7) is -0.0209. The smallest absolute Gasteiger partial charge is 0.252 e. The van der Waals surface area contributed by atoms with E-state index in [0.29, 0.717) is 23.6 Å². The average molecular weight is 502 g/mol. The van der Waals surface area contributed by atoms with Gasteiger partial charge in [-0.3, -0.25) is 4.79 Å². The first kappa shape index (κ1) is 25.5. The van der Waals surface area contributed by atoms with E-state index < -0.39 is 48.8 Å². The summed E-state index contributed by atoms with van der Waals surface area (Å²) in [7, 11) is 1.56. The van der Waals surface area contributed by atoms with Crippen molar-refractivity contribution in [1.82, 2.24) is 20.3 Å². The van der Waals surface area contributed by atoms with Gasteiger partial charge in [-0.1, -0.05) is 29.5 Å². The zero-order chi connectivity index (χ0) is 25.7. The first-order valence-corrected chi connectivity index (χ1v) is 11.4. The number of rotatable bonds is 9. The molecule has 0 radical (unpaired) electrons. The maximum atomic E-state index is 13.6. The van der Waals surface area contributed by atoms with E-state index in [1.807, 2.05) is 18.2 Å². The molecular weight excluding hydrogens is 473 g/mol. The SMILES string of the molecule is COc1ccccc1NCCNC(=O)[C@@H]1O[C@H](CO)[C@H](O)[C@H](n2cc(-c3cccc(F)c3)nn2)[C@H]1O. The Morgan fingerprint density at radius 3 is 2.72 bits per heavy atom. The summed E-state index contributed by atoms with van der Waals surface area (Å²) in [6.07, 6.45) is -4.00.